The first kappa shape index (κ1) is 11.5. The summed E-state index contributed by atoms with van der Waals surface area (Å²) in [5.74, 6) is -3.95. The Morgan fingerprint density at radius 3 is 2.40 bits per heavy atom. The van der Waals surface area contributed by atoms with E-state index in [-0.39, 0.29) is 0 Å². The molecule has 0 aliphatic heterocycles. The molecule has 3 N–H and O–H groups in total. The maximum Gasteiger partial charge on any atom is 0.338 e. The van der Waals surface area contributed by atoms with Crippen LogP contribution in [0.1, 0.15) is 10.4 Å². The van der Waals surface area contributed by atoms with Crippen molar-refractivity contribution in [1.29, 1.82) is 0 Å². The minimum atomic E-state index is -2.56. The van der Waals surface area contributed by atoms with Gasteiger partial charge >= 0.3 is 5.97 Å². The fourth-order valence-corrected chi connectivity index (χ4v) is 1.23. The Kier molecular flexibility index (Phi) is 3.32. The molecule has 0 heterocycles. The van der Waals surface area contributed by atoms with Crippen LogP contribution in [0.25, 0.3) is 0 Å². The van der Waals surface area contributed by atoms with Crippen LogP contribution in [0.15, 0.2) is 12.1 Å². The van der Waals surface area contributed by atoms with Crippen LogP contribution in [0.2, 0.25) is 0 Å². The third-order valence-corrected chi connectivity index (χ3v) is 1.88. The predicted molar refractivity (Wildman–Crippen MR) is 47.7 cm³/mol. The molecule has 8 heteroatoms. The molecular formula is C7H5F2NO4S. The highest BCUT2D eigenvalue weighted by atomic mass is 32.2. The molecule has 0 fully saturated rings. The molecule has 0 aliphatic rings. The van der Waals surface area contributed by atoms with Crippen molar-refractivity contribution < 1.29 is 27.4 Å². The number of anilines is 1. The number of halogens is 2. The molecule has 0 saturated heterocycles. The fourth-order valence-electron chi connectivity index (χ4n) is 0.883. The standard InChI is InChI=1S/C7H5F2NO4S/c8-4-2-6(10-15(13)14)5(9)1-3(4)7(11)12/h1-2,10H,(H,11,12)(H,13,14). The molecular weight excluding hydrogens is 232 g/mol. The molecule has 0 amide bonds. The topological polar surface area (TPSA) is 86.6 Å². The Morgan fingerprint density at radius 1 is 1.33 bits per heavy atom. The second-order valence-electron chi connectivity index (χ2n) is 2.47. The van der Waals surface area contributed by atoms with Gasteiger partial charge in [-0.1, -0.05) is 0 Å². The molecule has 1 atom stereocenters. The minimum absolute atomic E-state index is 0.423. The largest absolute Gasteiger partial charge is 0.478 e. The van der Waals surface area contributed by atoms with Gasteiger partial charge in [0.05, 0.1) is 11.3 Å². The Hall–Kier alpha value is -1.54. The maximum atomic E-state index is 13.0. The first-order valence-corrected chi connectivity index (χ1v) is 4.62. The zero-order valence-corrected chi connectivity index (χ0v) is 7.85. The monoisotopic (exact) mass is 237 g/mol. The van der Waals surface area contributed by atoms with Crippen molar-refractivity contribution in [2.75, 3.05) is 4.72 Å². The number of nitrogens with one attached hydrogen (secondary N) is 1. The molecule has 1 rings (SSSR count). The molecule has 82 valence electrons. The van der Waals surface area contributed by atoms with Gasteiger partial charge in [0.2, 0.25) is 0 Å². The number of carboxylic acids is 1. The van der Waals surface area contributed by atoms with Crippen molar-refractivity contribution in [2.45, 2.75) is 0 Å². The van der Waals surface area contributed by atoms with Gasteiger partial charge < -0.3 is 5.11 Å². The average molecular weight is 237 g/mol. The van der Waals surface area contributed by atoms with Crippen LogP contribution in [0, 0.1) is 11.6 Å². The van der Waals surface area contributed by atoms with Gasteiger partial charge in [-0.2, -0.15) is 0 Å². The van der Waals surface area contributed by atoms with Crippen LogP contribution < -0.4 is 4.72 Å². The summed E-state index contributed by atoms with van der Waals surface area (Å²) in [6.45, 7) is 0. The number of benzene rings is 1. The van der Waals surface area contributed by atoms with Crippen molar-refractivity contribution >= 4 is 22.9 Å². The molecule has 1 unspecified atom stereocenters. The minimum Gasteiger partial charge on any atom is -0.478 e. The van der Waals surface area contributed by atoms with Gasteiger partial charge in [-0.3, -0.25) is 9.27 Å². The molecule has 1 aromatic rings. The fraction of sp³-hybridized carbons (Fsp3) is 0. The number of aromatic carboxylic acids is 1. The molecule has 1 aromatic carbocycles. The van der Waals surface area contributed by atoms with E-state index in [1.165, 1.54) is 0 Å². The normalized spacial score (nSPS) is 12.2. The summed E-state index contributed by atoms with van der Waals surface area (Å²) in [6, 6.07) is 0.916. The van der Waals surface area contributed by atoms with Gasteiger partial charge in [0, 0.05) is 6.07 Å². The number of rotatable bonds is 3. The Balaban J connectivity index is 3.19. The molecule has 15 heavy (non-hydrogen) atoms. The summed E-state index contributed by atoms with van der Waals surface area (Å²) < 4.78 is 46.3. The number of hydrogen-bond acceptors (Lipinski definition) is 2. The van der Waals surface area contributed by atoms with E-state index in [2.05, 4.69) is 0 Å². The molecule has 0 spiro atoms. The van der Waals surface area contributed by atoms with E-state index in [0.29, 0.717) is 12.1 Å². The van der Waals surface area contributed by atoms with E-state index in [0.717, 1.165) is 0 Å². The van der Waals surface area contributed by atoms with E-state index >= 15 is 0 Å². The molecule has 0 aromatic heterocycles. The van der Waals surface area contributed by atoms with Gasteiger partial charge in [0.25, 0.3) is 11.3 Å². The predicted octanol–water partition coefficient (Wildman–Crippen LogP) is 1.21. The molecule has 5 nitrogen and oxygen atoms in total. The Morgan fingerprint density at radius 2 is 1.93 bits per heavy atom. The van der Waals surface area contributed by atoms with Crippen molar-refractivity contribution in [3.8, 4) is 0 Å². The SMILES string of the molecule is O=C(O)c1cc(F)c(NS(=O)O)cc1F. The molecule has 0 saturated carbocycles. The lowest BCUT2D eigenvalue weighted by Crippen LogP contribution is -2.07. The van der Waals surface area contributed by atoms with E-state index in [1.807, 2.05) is 0 Å². The first-order chi connectivity index (χ1) is 6.91. The highest BCUT2D eigenvalue weighted by Crippen LogP contribution is 2.19. The average Bonchev–Trinajstić information content (AvgIpc) is 2.09. The highest BCUT2D eigenvalue weighted by molar-refractivity contribution is 7.80. The third-order valence-electron chi connectivity index (χ3n) is 1.48. The van der Waals surface area contributed by atoms with Crippen LogP contribution in [0.5, 0.6) is 0 Å². The Labute approximate surface area is 85.1 Å². The van der Waals surface area contributed by atoms with Gasteiger partial charge in [0.1, 0.15) is 11.6 Å². The third kappa shape index (κ3) is 2.70. The van der Waals surface area contributed by atoms with Crippen LogP contribution in [0.4, 0.5) is 14.5 Å². The van der Waals surface area contributed by atoms with E-state index in [1.54, 1.807) is 4.72 Å². The summed E-state index contributed by atoms with van der Waals surface area (Å²) in [5, 5.41) is 8.43. The lowest BCUT2D eigenvalue weighted by atomic mass is 10.2. The number of carbonyl (C=O) groups is 1. The van der Waals surface area contributed by atoms with E-state index < -0.39 is 40.1 Å². The van der Waals surface area contributed by atoms with Gasteiger partial charge in [0.15, 0.2) is 0 Å². The summed E-state index contributed by atoms with van der Waals surface area (Å²) >= 11 is -2.56. The number of hydrogen-bond donors (Lipinski definition) is 3. The van der Waals surface area contributed by atoms with Crippen molar-refractivity contribution in [1.82, 2.24) is 0 Å². The molecule has 0 radical (unpaired) electrons. The summed E-state index contributed by atoms with van der Waals surface area (Å²) in [6.07, 6.45) is 0. The zero-order chi connectivity index (χ0) is 11.6. The van der Waals surface area contributed by atoms with Crippen LogP contribution in [-0.2, 0) is 11.3 Å². The summed E-state index contributed by atoms with van der Waals surface area (Å²) in [7, 11) is 0. The van der Waals surface area contributed by atoms with Crippen LogP contribution in [0.3, 0.4) is 0 Å². The summed E-state index contributed by atoms with van der Waals surface area (Å²) in [5.41, 5.74) is -1.43. The molecule has 0 bridgehead atoms. The van der Waals surface area contributed by atoms with Gasteiger partial charge in [-0.15, -0.1) is 0 Å². The van der Waals surface area contributed by atoms with E-state index in [9.17, 15) is 17.8 Å². The van der Waals surface area contributed by atoms with Crippen molar-refractivity contribution in [3.05, 3.63) is 29.3 Å². The lowest BCUT2D eigenvalue weighted by molar-refractivity contribution is 0.0691. The lowest BCUT2D eigenvalue weighted by Gasteiger charge is -2.04. The summed E-state index contributed by atoms with van der Waals surface area (Å²) in [4.78, 5) is 10.4. The zero-order valence-electron chi connectivity index (χ0n) is 7.03. The Bertz CT molecular complexity index is 437. The van der Waals surface area contributed by atoms with Crippen LogP contribution >= 0.6 is 0 Å². The van der Waals surface area contributed by atoms with Crippen molar-refractivity contribution in [3.63, 3.8) is 0 Å². The molecule has 0 aliphatic carbocycles. The van der Waals surface area contributed by atoms with Crippen molar-refractivity contribution in [2.24, 2.45) is 0 Å². The van der Waals surface area contributed by atoms with Gasteiger partial charge in [-0.05, 0) is 6.07 Å². The van der Waals surface area contributed by atoms with E-state index in [4.69, 9.17) is 9.66 Å². The van der Waals surface area contributed by atoms with Gasteiger partial charge in [-0.25, -0.2) is 17.8 Å². The number of carboxylic acid groups (broad SMARTS) is 1. The second-order valence-corrected chi connectivity index (χ2v) is 3.17. The van der Waals surface area contributed by atoms with Crippen LogP contribution in [-0.4, -0.2) is 19.8 Å². The highest BCUT2D eigenvalue weighted by Gasteiger charge is 2.15. The maximum absolute atomic E-state index is 13.0. The first-order valence-electron chi connectivity index (χ1n) is 3.51. The quantitative estimate of drug-likeness (QED) is 0.689. The smallest absolute Gasteiger partial charge is 0.338 e. The second kappa shape index (κ2) is 4.32.